The summed E-state index contributed by atoms with van der Waals surface area (Å²) in [7, 11) is -4.66. The van der Waals surface area contributed by atoms with Crippen LogP contribution >= 0.6 is 7.82 Å². The predicted molar refractivity (Wildman–Crippen MR) is 112 cm³/mol. The van der Waals surface area contributed by atoms with Crippen molar-refractivity contribution >= 4 is 7.82 Å². The van der Waals surface area contributed by atoms with Gasteiger partial charge in [0.2, 0.25) is 0 Å². The molecule has 1 aromatic rings. The standard InChI is InChI=1S/C22H36NO4P/c1-2-3-4-5-6-17-7-8-19-14-20(10-9-18(19)13-17)21-11-12-22(23,15-21)16-27-28(24,25)26/h9-10,14,17,21H,2-8,11-13,15-16,23H2,1H3,(H2,24,25,26)/t17-,21+,22-/m1/s1/i1D3,2D2,3D2,4D2,5D2,6D2. The van der Waals surface area contributed by atoms with Crippen LogP contribution in [0, 0.1) is 5.92 Å². The van der Waals surface area contributed by atoms with E-state index in [1.165, 1.54) is 0 Å². The molecule has 28 heavy (non-hydrogen) atoms. The number of benzene rings is 1. The lowest BCUT2D eigenvalue weighted by Gasteiger charge is -2.27. The Kier molecular flexibility index (Phi) is 3.54. The van der Waals surface area contributed by atoms with E-state index in [0.717, 1.165) is 11.1 Å². The molecule has 0 bridgehead atoms. The van der Waals surface area contributed by atoms with Crippen molar-refractivity contribution in [3.8, 4) is 0 Å². The number of hydrogen-bond donors (Lipinski definition) is 3. The van der Waals surface area contributed by atoms with Crippen molar-refractivity contribution < 1.29 is 36.7 Å². The summed E-state index contributed by atoms with van der Waals surface area (Å²) in [6, 6.07) is 5.50. The average molecular weight is 423 g/mol. The Bertz CT molecular complexity index is 1190. The molecule has 5 nitrogen and oxygen atoms in total. The smallest absolute Gasteiger partial charge is 0.323 e. The summed E-state index contributed by atoms with van der Waals surface area (Å²) in [4.78, 5) is 18.0. The van der Waals surface area contributed by atoms with Gasteiger partial charge in [-0.1, -0.05) is 56.9 Å². The lowest BCUT2D eigenvalue weighted by atomic mass is 9.79. The van der Waals surface area contributed by atoms with Gasteiger partial charge in [0.25, 0.3) is 0 Å². The molecule has 2 aliphatic carbocycles. The molecule has 3 rings (SSSR count). The second-order valence-corrected chi connectivity index (χ2v) is 8.92. The van der Waals surface area contributed by atoms with Gasteiger partial charge in [0.1, 0.15) is 0 Å². The third-order valence-corrected chi connectivity index (χ3v) is 6.02. The van der Waals surface area contributed by atoms with E-state index in [-0.39, 0.29) is 25.4 Å². The van der Waals surface area contributed by atoms with E-state index in [0.29, 0.717) is 31.2 Å². The van der Waals surface area contributed by atoms with Crippen molar-refractivity contribution in [3.05, 3.63) is 34.9 Å². The first kappa shape index (κ1) is 10.5. The zero-order chi connectivity index (χ0) is 31.7. The summed E-state index contributed by atoms with van der Waals surface area (Å²) in [5.41, 5.74) is 7.88. The van der Waals surface area contributed by atoms with E-state index in [9.17, 15) is 4.57 Å². The molecule has 0 unspecified atom stereocenters. The minimum atomic E-state index is -4.66. The molecule has 0 amide bonds. The van der Waals surface area contributed by atoms with Gasteiger partial charge in [0.15, 0.2) is 0 Å². The lowest BCUT2D eigenvalue weighted by molar-refractivity contribution is 0.153. The molecule has 6 heteroatoms. The molecule has 3 atom stereocenters. The number of hydrogen-bond acceptors (Lipinski definition) is 3. The fourth-order valence-electron chi connectivity index (χ4n) is 4.14. The highest BCUT2D eigenvalue weighted by molar-refractivity contribution is 7.46. The number of rotatable bonds is 9. The highest BCUT2D eigenvalue weighted by atomic mass is 31.2. The Morgan fingerprint density at radius 3 is 2.96 bits per heavy atom. The maximum absolute atomic E-state index is 11.1. The van der Waals surface area contributed by atoms with Crippen molar-refractivity contribution in [2.75, 3.05) is 6.61 Å². The summed E-state index contributed by atoms with van der Waals surface area (Å²) in [6.07, 6.45) is -16.3. The number of aryl methyl sites for hydroxylation is 1. The Labute approximate surface area is 187 Å². The quantitative estimate of drug-likeness (QED) is 0.495. The molecule has 4 N–H and O–H groups in total. The van der Waals surface area contributed by atoms with Crippen LogP contribution in [0.2, 0.25) is 0 Å². The summed E-state index contributed by atoms with van der Waals surface area (Å²) in [5, 5.41) is 0. The second kappa shape index (κ2) is 9.40. The molecule has 0 aromatic heterocycles. The van der Waals surface area contributed by atoms with E-state index in [2.05, 4.69) is 4.52 Å². The summed E-state index contributed by atoms with van der Waals surface area (Å²) in [5.74, 6) is -1.12. The average Bonchev–Trinajstić information content (AvgIpc) is 3.23. The highest BCUT2D eigenvalue weighted by Crippen LogP contribution is 2.44. The monoisotopic (exact) mass is 422 g/mol. The van der Waals surface area contributed by atoms with Crippen molar-refractivity contribution in [3.63, 3.8) is 0 Å². The Balaban J connectivity index is 1.81. The number of fused-ring (bicyclic) bond motifs is 1. The van der Waals surface area contributed by atoms with Crippen molar-refractivity contribution in [1.82, 2.24) is 0 Å². The Morgan fingerprint density at radius 2 is 2.18 bits per heavy atom. The molecule has 0 spiro atoms. The van der Waals surface area contributed by atoms with Crippen LogP contribution in [0.3, 0.4) is 0 Å². The van der Waals surface area contributed by atoms with Crippen LogP contribution in [0.5, 0.6) is 0 Å². The molecular formula is C22H36NO4P. The third kappa shape index (κ3) is 6.14. The molecule has 0 radical (unpaired) electrons. The van der Waals surface area contributed by atoms with E-state index < -0.39 is 58.0 Å². The fourth-order valence-corrected chi connectivity index (χ4v) is 4.56. The normalized spacial score (nSPS) is 37.6. The molecule has 158 valence electrons. The highest BCUT2D eigenvalue weighted by Gasteiger charge is 2.38. The first-order chi connectivity index (χ1) is 18.2. The van der Waals surface area contributed by atoms with Crippen LogP contribution < -0.4 is 5.73 Å². The lowest BCUT2D eigenvalue weighted by Crippen LogP contribution is -2.41. The van der Waals surface area contributed by atoms with Gasteiger partial charge in [-0.3, -0.25) is 4.52 Å². The van der Waals surface area contributed by atoms with E-state index in [4.69, 9.17) is 33.3 Å². The number of phosphoric ester groups is 1. The van der Waals surface area contributed by atoms with Crippen molar-refractivity contribution in [2.24, 2.45) is 11.7 Å². The topological polar surface area (TPSA) is 92.8 Å². The summed E-state index contributed by atoms with van der Waals surface area (Å²) < 4.78 is 120. The van der Waals surface area contributed by atoms with Gasteiger partial charge in [-0.15, -0.1) is 0 Å². The first-order valence-electron chi connectivity index (χ1n) is 15.8. The predicted octanol–water partition coefficient (Wildman–Crippen LogP) is 4.84. The first-order valence-corrected chi connectivity index (χ1v) is 10.8. The Morgan fingerprint density at radius 1 is 1.32 bits per heavy atom. The maximum Gasteiger partial charge on any atom is 0.469 e. The van der Waals surface area contributed by atoms with Crippen LogP contribution in [0.1, 0.15) is 105 Å². The molecule has 0 saturated heterocycles. The van der Waals surface area contributed by atoms with Crippen LogP contribution in [-0.2, 0) is 21.9 Å². The number of phosphoric acid groups is 1. The van der Waals surface area contributed by atoms with Gasteiger partial charge in [0, 0.05) is 23.4 Å². The molecule has 2 aliphatic rings. The summed E-state index contributed by atoms with van der Waals surface area (Å²) in [6.45, 7) is -3.93. The molecule has 1 saturated carbocycles. The molecule has 0 aliphatic heterocycles. The van der Waals surface area contributed by atoms with Crippen LogP contribution in [0.15, 0.2) is 18.2 Å². The summed E-state index contributed by atoms with van der Waals surface area (Å²) >= 11 is 0. The van der Waals surface area contributed by atoms with Gasteiger partial charge in [0.05, 0.1) is 6.61 Å². The zero-order valence-corrected chi connectivity index (χ0v) is 16.5. The molecular weight excluding hydrogens is 373 g/mol. The zero-order valence-electron chi connectivity index (χ0n) is 28.6. The van der Waals surface area contributed by atoms with Gasteiger partial charge in [-0.25, -0.2) is 4.57 Å². The molecule has 1 fully saturated rings. The SMILES string of the molecule is [2H]C([2H])([2H])C([2H])([2H])C([2H])([2H])C([2H])([2H])C([2H])([2H])C([2H])([2H])[C@@H]1CCc2cc([C@H]3CC[C@](N)(COP(=O)(O)O)C3)ccc2C1. The van der Waals surface area contributed by atoms with Gasteiger partial charge >= 0.3 is 7.82 Å². The maximum atomic E-state index is 11.1. The molecule has 1 aromatic carbocycles. The van der Waals surface area contributed by atoms with E-state index in [1.54, 1.807) is 6.07 Å². The minimum absolute atomic E-state index is 0.00497. The van der Waals surface area contributed by atoms with Crippen LogP contribution in [0.4, 0.5) is 0 Å². The van der Waals surface area contributed by atoms with E-state index in [1.807, 2.05) is 12.1 Å². The second-order valence-electron chi connectivity index (χ2n) is 7.68. The fraction of sp³-hybridized carbons (Fsp3) is 0.727. The van der Waals surface area contributed by atoms with E-state index >= 15 is 0 Å². The van der Waals surface area contributed by atoms with Crippen LogP contribution in [-0.4, -0.2) is 21.9 Å². The van der Waals surface area contributed by atoms with Crippen LogP contribution in [0.25, 0.3) is 0 Å². The molecule has 0 heterocycles. The third-order valence-electron chi connectivity index (χ3n) is 5.56. The van der Waals surface area contributed by atoms with Crippen molar-refractivity contribution in [1.29, 1.82) is 0 Å². The van der Waals surface area contributed by atoms with Crippen molar-refractivity contribution in [2.45, 2.75) is 88.7 Å². The van der Waals surface area contributed by atoms with Gasteiger partial charge < -0.3 is 15.5 Å². The largest absolute Gasteiger partial charge is 0.469 e. The van der Waals surface area contributed by atoms with Gasteiger partial charge in [-0.05, 0) is 67.1 Å². The Hall–Kier alpha value is -0.710. The minimum Gasteiger partial charge on any atom is -0.323 e. The number of nitrogens with two attached hydrogens (primary N) is 1. The van der Waals surface area contributed by atoms with Gasteiger partial charge in [-0.2, -0.15) is 0 Å².